The number of terminal acetylenes is 1. The molecule has 3 aromatic heterocycles. The molecule has 58 heavy (non-hydrogen) atoms. The number of nitrogens with zero attached hydrogens (tertiary/aromatic N) is 6. The Morgan fingerprint density at radius 1 is 1.02 bits per heavy atom. The lowest BCUT2D eigenvalue weighted by atomic mass is 9.95. The Labute approximate surface area is 332 Å². The van der Waals surface area contributed by atoms with Gasteiger partial charge in [-0.3, -0.25) is 4.90 Å². The number of anilines is 1. The Hall–Kier alpha value is -5.20. The molecule has 0 bridgehead atoms. The molecule has 0 amide bonds. The summed E-state index contributed by atoms with van der Waals surface area (Å²) in [5.41, 5.74) is -0.338. The van der Waals surface area contributed by atoms with Crippen molar-refractivity contribution in [2.75, 3.05) is 31.6 Å². The van der Waals surface area contributed by atoms with Gasteiger partial charge >= 0.3 is 12.2 Å². The zero-order valence-electron chi connectivity index (χ0n) is 32.0. The van der Waals surface area contributed by atoms with Crippen molar-refractivity contribution < 1.29 is 31.4 Å². The average Bonchev–Trinajstić information content (AvgIpc) is 3.66. The summed E-state index contributed by atoms with van der Waals surface area (Å²) in [4.78, 5) is 24.1. The molecule has 0 radical (unpaired) electrons. The molecular formula is C43H43F5N8O2. The van der Waals surface area contributed by atoms with Crippen molar-refractivity contribution in [2.24, 2.45) is 5.92 Å². The van der Waals surface area contributed by atoms with Gasteiger partial charge in [-0.15, -0.1) is 6.42 Å². The molecule has 6 heterocycles. The van der Waals surface area contributed by atoms with Crippen LogP contribution in [0.2, 0.25) is 0 Å². The van der Waals surface area contributed by atoms with Crippen LogP contribution in [0.3, 0.4) is 0 Å². The van der Waals surface area contributed by atoms with E-state index >= 15 is 8.78 Å². The van der Waals surface area contributed by atoms with Gasteiger partial charge in [-0.1, -0.05) is 37.1 Å². The van der Waals surface area contributed by atoms with Gasteiger partial charge in [0.2, 0.25) is 5.88 Å². The number of rotatable bonds is 8. The second-order valence-electron chi connectivity index (χ2n) is 16.0. The van der Waals surface area contributed by atoms with Gasteiger partial charge in [-0.05, 0) is 81.7 Å². The normalized spacial score (nSPS) is 24.6. The van der Waals surface area contributed by atoms with Crippen LogP contribution in [-0.2, 0) is 12.6 Å². The summed E-state index contributed by atoms with van der Waals surface area (Å²) in [5.74, 6) is 2.06. The predicted molar refractivity (Wildman–Crippen MR) is 208 cm³/mol. The summed E-state index contributed by atoms with van der Waals surface area (Å²) in [6.45, 7) is 3.78. The maximum Gasteiger partial charge on any atom is 0.433 e. The van der Waals surface area contributed by atoms with Gasteiger partial charge in [-0.2, -0.15) is 23.1 Å². The van der Waals surface area contributed by atoms with Crippen LogP contribution in [0.15, 0.2) is 42.7 Å². The van der Waals surface area contributed by atoms with Crippen LogP contribution in [0.1, 0.15) is 75.2 Å². The Balaban J connectivity index is 1.07. The van der Waals surface area contributed by atoms with E-state index in [1.165, 1.54) is 6.07 Å². The van der Waals surface area contributed by atoms with Crippen molar-refractivity contribution in [3.8, 4) is 35.5 Å². The third kappa shape index (κ3) is 7.14. The largest absolute Gasteiger partial charge is 0.476 e. The molecule has 0 spiro atoms. The fourth-order valence-electron chi connectivity index (χ4n) is 9.36. The minimum absolute atomic E-state index is 0.00206. The van der Waals surface area contributed by atoms with E-state index < -0.39 is 29.0 Å². The molecule has 302 valence electrons. The molecule has 3 aliphatic heterocycles. The molecule has 5 aromatic rings. The van der Waals surface area contributed by atoms with Crippen LogP contribution in [0.25, 0.3) is 32.9 Å². The van der Waals surface area contributed by atoms with Gasteiger partial charge in [0.15, 0.2) is 11.5 Å². The van der Waals surface area contributed by atoms with E-state index in [1.54, 1.807) is 18.2 Å². The van der Waals surface area contributed by atoms with Gasteiger partial charge < -0.3 is 20.1 Å². The summed E-state index contributed by atoms with van der Waals surface area (Å²) < 4.78 is 84.5. The maximum absolute atomic E-state index is 17.3. The highest BCUT2D eigenvalue weighted by atomic mass is 19.4. The topological polar surface area (TPSA) is 110 Å². The fourth-order valence-corrected chi connectivity index (χ4v) is 9.36. The third-order valence-corrected chi connectivity index (χ3v) is 12.5. The van der Waals surface area contributed by atoms with Gasteiger partial charge in [0.1, 0.15) is 42.4 Å². The summed E-state index contributed by atoms with van der Waals surface area (Å²) >= 11 is 0. The van der Waals surface area contributed by atoms with E-state index in [2.05, 4.69) is 38.3 Å². The standard InChI is InChI=1S/C43H43F5N8O2/c1-3-26-20-49-40-36-31(11-6-9-25-18-32(25)52-26)53-38(29-10-5-8-24-12-13-30(44)28(4-2)35(24)29)37(45)39(36)54-41(55-40)58-22-42-15-7-17-56(42)27(14-16-42)21-57-34-19-33(43(46,47)48)50-23-51-34/h2,5,8,10,12-13,19,23,25-27,32,52H,3,6-7,9,11,14-18,20-22H2,1H3,(H,49,54,55)/t25-,26+,27-,32-,42-/m0/s1. The van der Waals surface area contributed by atoms with E-state index in [4.69, 9.17) is 30.8 Å². The number of ether oxygens (including phenoxy) is 2. The third-order valence-electron chi connectivity index (χ3n) is 12.5. The Morgan fingerprint density at radius 2 is 1.90 bits per heavy atom. The van der Waals surface area contributed by atoms with E-state index in [0.717, 1.165) is 70.3 Å². The first-order chi connectivity index (χ1) is 28.0. The van der Waals surface area contributed by atoms with E-state index in [0.29, 0.717) is 58.2 Å². The maximum atomic E-state index is 17.3. The van der Waals surface area contributed by atoms with Crippen molar-refractivity contribution in [1.29, 1.82) is 0 Å². The molecule has 1 saturated carbocycles. The molecule has 3 fully saturated rings. The quantitative estimate of drug-likeness (QED) is 0.119. The molecule has 9 rings (SSSR count). The monoisotopic (exact) mass is 798 g/mol. The molecular weight excluding hydrogens is 756 g/mol. The first-order valence-electron chi connectivity index (χ1n) is 20.0. The highest BCUT2D eigenvalue weighted by molar-refractivity contribution is 6.02. The molecule has 1 aliphatic carbocycles. The number of hydrogen-bond donors (Lipinski definition) is 2. The smallest absolute Gasteiger partial charge is 0.433 e. The van der Waals surface area contributed by atoms with E-state index in [1.807, 2.05) is 6.07 Å². The van der Waals surface area contributed by atoms with Gasteiger partial charge in [-0.25, -0.2) is 23.7 Å². The minimum atomic E-state index is -4.61. The molecule has 2 N–H and O–H groups in total. The number of halogens is 5. The molecule has 5 atom stereocenters. The van der Waals surface area contributed by atoms with Crippen molar-refractivity contribution in [3.05, 3.63) is 71.3 Å². The second-order valence-corrected chi connectivity index (χ2v) is 16.0. The van der Waals surface area contributed by atoms with E-state index in [9.17, 15) is 13.2 Å². The molecule has 10 nitrogen and oxygen atoms in total. The van der Waals surface area contributed by atoms with Crippen molar-refractivity contribution in [1.82, 2.24) is 35.1 Å². The van der Waals surface area contributed by atoms with Gasteiger partial charge in [0.05, 0.1) is 22.2 Å². The highest BCUT2D eigenvalue weighted by Gasteiger charge is 2.50. The molecule has 15 heteroatoms. The van der Waals surface area contributed by atoms with Crippen LogP contribution in [0.4, 0.5) is 27.8 Å². The van der Waals surface area contributed by atoms with Crippen LogP contribution in [0.5, 0.6) is 11.9 Å². The highest BCUT2D eigenvalue weighted by Crippen LogP contribution is 2.44. The number of nitrogens with one attached hydrogen (secondary N) is 2. The van der Waals surface area contributed by atoms with Crippen LogP contribution >= 0.6 is 0 Å². The Kier molecular flexibility index (Phi) is 10.0. The number of aromatic nitrogens is 5. The number of benzene rings is 2. The van der Waals surface area contributed by atoms with Crippen LogP contribution in [-0.4, -0.2) is 79.8 Å². The lowest BCUT2D eigenvalue weighted by Crippen LogP contribution is -2.48. The number of aryl methyl sites for hydroxylation is 1. The lowest BCUT2D eigenvalue weighted by molar-refractivity contribution is -0.141. The number of alkyl halides is 3. The van der Waals surface area contributed by atoms with Crippen LogP contribution < -0.4 is 20.1 Å². The molecule has 0 unspecified atom stereocenters. The predicted octanol–water partition coefficient (Wildman–Crippen LogP) is 7.87. The summed E-state index contributed by atoms with van der Waals surface area (Å²) in [7, 11) is 0. The molecule has 2 aromatic carbocycles. The lowest BCUT2D eigenvalue weighted by Gasteiger charge is -2.34. The summed E-state index contributed by atoms with van der Waals surface area (Å²) in [5, 5.41) is 8.83. The fraction of sp³-hybridized carbons (Fsp3) is 0.465. The summed E-state index contributed by atoms with van der Waals surface area (Å²) in [6, 6.07) is 9.57. The second kappa shape index (κ2) is 15.2. The van der Waals surface area contributed by atoms with Gasteiger partial charge in [0, 0.05) is 41.7 Å². The average molecular weight is 799 g/mol. The first-order valence-corrected chi connectivity index (χ1v) is 20.0. The summed E-state index contributed by atoms with van der Waals surface area (Å²) in [6.07, 6.45) is 9.63. The zero-order valence-corrected chi connectivity index (χ0v) is 32.0. The van der Waals surface area contributed by atoms with Crippen molar-refractivity contribution in [2.45, 2.75) is 94.6 Å². The Bertz CT molecular complexity index is 2420. The van der Waals surface area contributed by atoms with Gasteiger partial charge in [0.25, 0.3) is 0 Å². The number of fused-ring (bicyclic) bond motifs is 3. The molecule has 4 aliphatic rings. The minimum Gasteiger partial charge on any atom is -0.476 e. The van der Waals surface area contributed by atoms with E-state index in [-0.39, 0.29) is 54.0 Å². The number of pyridine rings is 1. The zero-order chi connectivity index (χ0) is 40.2. The first kappa shape index (κ1) is 38.3. The van der Waals surface area contributed by atoms with Crippen molar-refractivity contribution in [3.63, 3.8) is 0 Å². The van der Waals surface area contributed by atoms with Crippen molar-refractivity contribution >= 4 is 27.5 Å². The molecule has 2 saturated heterocycles. The SMILES string of the molecule is C#Cc1c(F)ccc2cccc(-c3nc4c5c(nc(OC[C@@]67CCCN6[C@H](COc6cc(C(F)(F)F)ncn6)CC7)nc5c3F)NC[C@@H](CC)N[C@H]3C[C@@H]3CCC4)c12. The van der Waals surface area contributed by atoms with Crippen LogP contribution in [0, 0.1) is 29.9 Å². The number of hydrogen-bond acceptors (Lipinski definition) is 10. The Morgan fingerprint density at radius 3 is 2.72 bits per heavy atom.